The molecule has 1 heterocycles. The number of nitrogens with zero attached hydrogens (tertiary/aromatic N) is 2. The van der Waals surface area contributed by atoms with Crippen LogP contribution in [0, 0.1) is 17.8 Å². The summed E-state index contributed by atoms with van der Waals surface area (Å²) in [6.45, 7) is 0.781. The summed E-state index contributed by atoms with van der Waals surface area (Å²) in [4.78, 5) is 18.7. The van der Waals surface area contributed by atoms with Crippen LogP contribution in [0.5, 0.6) is 0 Å². The van der Waals surface area contributed by atoms with Gasteiger partial charge >= 0.3 is 0 Å². The third kappa shape index (κ3) is 2.65. The molecule has 2 aliphatic rings. The van der Waals surface area contributed by atoms with Crippen molar-refractivity contribution in [2.75, 3.05) is 13.6 Å². The molecule has 3 unspecified atom stereocenters. The van der Waals surface area contributed by atoms with Crippen LogP contribution < -0.4 is 0 Å². The van der Waals surface area contributed by atoms with Gasteiger partial charge in [-0.05, 0) is 43.2 Å². The summed E-state index contributed by atoms with van der Waals surface area (Å²) in [5.41, 5.74) is 1.06. The number of pyridine rings is 1. The Labute approximate surface area is 115 Å². The van der Waals surface area contributed by atoms with Crippen LogP contribution >= 0.6 is 0 Å². The highest BCUT2D eigenvalue weighted by atomic mass is 16.2. The van der Waals surface area contributed by atoms with E-state index in [2.05, 4.69) is 4.98 Å². The molecular weight excluding hydrogens is 236 g/mol. The van der Waals surface area contributed by atoms with E-state index in [1.54, 1.807) is 0 Å². The molecule has 0 aromatic carbocycles. The lowest BCUT2D eigenvalue weighted by molar-refractivity contribution is -0.135. The molecule has 2 aliphatic carbocycles. The molecule has 3 rings (SSSR count). The maximum atomic E-state index is 12.5. The molecule has 3 heteroatoms. The summed E-state index contributed by atoms with van der Waals surface area (Å²) in [5.74, 6) is 2.19. The Hall–Kier alpha value is -1.38. The fraction of sp³-hybridized carbons (Fsp3) is 0.625. The highest BCUT2D eigenvalue weighted by Crippen LogP contribution is 2.48. The van der Waals surface area contributed by atoms with E-state index in [4.69, 9.17) is 0 Å². The second kappa shape index (κ2) is 5.32. The van der Waals surface area contributed by atoms with Crippen molar-refractivity contribution in [3.63, 3.8) is 0 Å². The van der Waals surface area contributed by atoms with Gasteiger partial charge in [0.1, 0.15) is 0 Å². The number of fused-ring (bicyclic) bond motifs is 2. The summed E-state index contributed by atoms with van der Waals surface area (Å²) < 4.78 is 0. The van der Waals surface area contributed by atoms with Gasteiger partial charge in [-0.15, -0.1) is 0 Å². The molecule has 1 amide bonds. The first kappa shape index (κ1) is 12.6. The normalized spacial score (nSPS) is 28.6. The lowest BCUT2D eigenvalue weighted by Gasteiger charge is -2.26. The topological polar surface area (TPSA) is 33.2 Å². The van der Waals surface area contributed by atoms with Gasteiger partial charge in [0.15, 0.2) is 0 Å². The molecule has 3 nitrogen and oxygen atoms in total. The maximum absolute atomic E-state index is 12.5. The van der Waals surface area contributed by atoms with Gasteiger partial charge in [-0.1, -0.05) is 12.5 Å². The van der Waals surface area contributed by atoms with Gasteiger partial charge < -0.3 is 4.90 Å². The lowest BCUT2D eigenvalue weighted by atomic mass is 9.88. The number of likely N-dealkylation sites (N-methyl/N-ethyl adjacent to an activating group) is 1. The Bertz CT molecular complexity index is 445. The number of carbonyl (C=O) groups is 1. The fourth-order valence-electron chi connectivity index (χ4n) is 3.77. The largest absolute Gasteiger partial charge is 0.345 e. The lowest BCUT2D eigenvalue weighted by Crippen LogP contribution is -2.36. The highest BCUT2D eigenvalue weighted by Gasteiger charge is 2.43. The summed E-state index contributed by atoms with van der Waals surface area (Å²) in [5, 5.41) is 0. The maximum Gasteiger partial charge on any atom is 0.225 e. The average molecular weight is 258 g/mol. The standard InChI is InChI=1S/C16H22N2O/c1-18(9-7-14-4-2-3-8-17-14)16(19)15-11-12-5-6-13(15)10-12/h2-4,8,12-13,15H,5-7,9-11H2,1H3. The fourth-order valence-corrected chi connectivity index (χ4v) is 3.77. The van der Waals surface area contributed by atoms with Gasteiger partial charge in [-0.3, -0.25) is 9.78 Å². The van der Waals surface area contributed by atoms with Gasteiger partial charge in [0, 0.05) is 37.8 Å². The quantitative estimate of drug-likeness (QED) is 0.831. The van der Waals surface area contributed by atoms with Gasteiger partial charge in [-0.25, -0.2) is 0 Å². The minimum absolute atomic E-state index is 0.312. The van der Waals surface area contributed by atoms with Crippen molar-refractivity contribution in [3.8, 4) is 0 Å². The molecule has 3 atom stereocenters. The smallest absolute Gasteiger partial charge is 0.225 e. The second-order valence-corrected chi connectivity index (χ2v) is 6.11. The van der Waals surface area contributed by atoms with Crippen molar-refractivity contribution < 1.29 is 4.79 Å². The number of aromatic nitrogens is 1. The predicted octanol–water partition coefficient (Wildman–Crippen LogP) is 2.52. The SMILES string of the molecule is CN(CCc1ccccn1)C(=O)C1CC2CCC1C2. The number of hydrogen-bond donors (Lipinski definition) is 0. The summed E-state index contributed by atoms with van der Waals surface area (Å²) in [7, 11) is 1.94. The van der Waals surface area contributed by atoms with Crippen molar-refractivity contribution in [3.05, 3.63) is 30.1 Å². The molecule has 0 N–H and O–H groups in total. The molecule has 2 saturated carbocycles. The Morgan fingerprint density at radius 1 is 1.37 bits per heavy atom. The number of amides is 1. The zero-order valence-corrected chi connectivity index (χ0v) is 11.6. The van der Waals surface area contributed by atoms with Crippen LogP contribution in [0.25, 0.3) is 0 Å². The van der Waals surface area contributed by atoms with Crippen LogP contribution in [0.3, 0.4) is 0 Å². The van der Waals surface area contributed by atoms with E-state index in [-0.39, 0.29) is 0 Å². The molecular formula is C16H22N2O. The minimum atomic E-state index is 0.312. The minimum Gasteiger partial charge on any atom is -0.345 e. The van der Waals surface area contributed by atoms with Gasteiger partial charge in [0.2, 0.25) is 5.91 Å². The predicted molar refractivity (Wildman–Crippen MR) is 74.5 cm³/mol. The van der Waals surface area contributed by atoms with E-state index >= 15 is 0 Å². The van der Waals surface area contributed by atoms with E-state index < -0.39 is 0 Å². The van der Waals surface area contributed by atoms with E-state index in [0.717, 1.165) is 31.0 Å². The van der Waals surface area contributed by atoms with E-state index in [0.29, 0.717) is 17.7 Å². The second-order valence-electron chi connectivity index (χ2n) is 6.11. The van der Waals surface area contributed by atoms with Crippen LogP contribution in [0.4, 0.5) is 0 Å². The van der Waals surface area contributed by atoms with E-state index in [1.807, 2.05) is 36.3 Å². The Morgan fingerprint density at radius 3 is 2.89 bits per heavy atom. The molecule has 1 aromatic heterocycles. The Balaban J connectivity index is 1.53. The third-order valence-corrected chi connectivity index (χ3v) is 4.86. The molecule has 0 saturated heterocycles. The highest BCUT2D eigenvalue weighted by molar-refractivity contribution is 5.79. The Kier molecular flexibility index (Phi) is 3.54. The monoisotopic (exact) mass is 258 g/mol. The summed E-state index contributed by atoms with van der Waals surface area (Å²) >= 11 is 0. The van der Waals surface area contributed by atoms with Crippen molar-refractivity contribution in [1.29, 1.82) is 0 Å². The van der Waals surface area contributed by atoms with Crippen molar-refractivity contribution in [2.45, 2.75) is 32.1 Å². The Morgan fingerprint density at radius 2 is 2.26 bits per heavy atom. The molecule has 102 valence electrons. The average Bonchev–Trinajstić information content (AvgIpc) is 3.07. The van der Waals surface area contributed by atoms with Crippen molar-refractivity contribution >= 4 is 5.91 Å². The van der Waals surface area contributed by atoms with Crippen LogP contribution in [0.1, 0.15) is 31.4 Å². The molecule has 0 aliphatic heterocycles. The van der Waals surface area contributed by atoms with Gasteiger partial charge in [0.25, 0.3) is 0 Å². The first-order valence-electron chi connectivity index (χ1n) is 7.39. The molecule has 2 fully saturated rings. The molecule has 2 bridgehead atoms. The van der Waals surface area contributed by atoms with E-state index in [1.165, 1.54) is 19.3 Å². The number of rotatable bonds is 4. The van der Waals surface area contributed by atoms with Crippen LogP contribution in [-0.4, -0.2) is 29.4 Å². The summed E-state index contributed by atoms with van der Waals surface area (Å²) in [6, 6.07) is 5.95. The molecule has 19 heavy (non-hydrogen) atoms. The number of carbonyl (C=O) groups excluding carboxylic acids is 1. The van der Waals surface area contributed by atoms with Crippen LogP contribution in [0.2, 0.25) is 0 Å². The van der Waals surface area contributed by atoms with Crippen molar-refractivity contribution in [2.24, 2.45) is 17.8 Å². The molecule has 0 radical (unpaired) electrons. The third-order valence-electron chi connectivity index (χ3n) is 4.86. The zero-order valence-electron chi connectivity index (χ0n) is 11.6. The molecule has 0 spiro atoms. The van der Waals surface area contributed by atoms with Gasteiger partial charge in [-0.2, -0.15) is 0 Å². The van der Waals surface area contributed by atoms with Crippen molar-refractivity contribution in [1.82, 2.24) is 9.88 Å². The van der Waals surface area contributed by atoms with Crippen LogP contribution in [-0.2, 0) is 11.2 Å². The van der Waals surface area contributed by atoms with Gasteiger partial charge in [0.05, 0.1) is 0 Å². The zero-order chi connectivity index (χ0) is 13.2. The number of hydrogen-bond acceptors (Lipinski definition) is 2. The van der Waals surface area contributed by atoms with E-state index in [9.17, 15) is 4.79 Å². The molecule has 1 aromatic rings. The van der Waals surface area contributed by atoms with Crippen LogP contribution in [0.15, 0.2) is 24.4 Å². The summed E-state index contributed by atoms with van der Waals surface area (Å²) in [6.07, 6.45) is 7.72. The first-order valence-corrected chi connectivity index (χ1v) is 7.39. The first-order chi connectivity index (χ1) is 9.24.